The van der Waals surface area contributed by atoms with Crippen molar-refractivity contribution in [3.05, 3.63) is 12.7 Å². The Balaban J connectivity index is 0. The lowest BCUT2D eigenvalue weighted by atomic mass is 10.2. The standard InChI is InChI=1S/C10H22O.C3H6/c1-3-5-7-9-11-10-8-6-4-2;1-3-2/h3-10H2,1-2H3;3H,1H2,2H3. The molecular weight excluding hydrogens is 172 g/mol. The van der Waals surface area contributed by atoms with E-state index in [1.54, 1.807) is 6.08 Å². The number of hydrogen-bond donors (Lipinski definition) is 0. The molecular formula is C13H28O. The minimum Gasteiger partial charge on any atom is -0.381 e. The van der Waals surface area contributed by atoms with Crippen LogP contribution in [0, 0.1) is 0 Å². The third-order valence-electron chi connectivity index (χ3n) is 1.78. The van der Waals surface area contributed by atoms with Gasteiger partial charge in [-0.25, -0.2) is 0 Å². The van der Waals surface area contributed by atoms with Gasteiger partial charge in [-0.2, -0.15) is 0 Å². The molecule has 0 spiro atoms. The Morgan fingerprint density at radius 3 is 1.57 bits per heavy atom. The minimum atomic E-state index is 0.970. The van der Waals surface area contributed by atoms with Crippen LogP contribution in [0.1, 0.15) is 59.3 Å². The minimum absolute atomic E-state index is 0.970. The molecule has 0 aliphatic rings. The van der Waals surface area contributed by atoms with Gasteiger partial charge in [0.2, 0.25) is 0 Å². The summed E-state index contributed by atoms with van der Waals surface area (Å²) in [6.45, 7) is 11.6. The first-order valence-electron chi connectivity index (χ1n) is 5.98. The normalized spacial score (nSPS) is 9.07. The third kappa shape index (κ3) is 22.6. The highest BCUT2D eigenvalue weighted by Crippen LogP contribution is 1.97. The zero-order valence-electron chi connectivity index (χ0n) is 10.3. The Labute approximate surface area is 90.5 Å². The lowest BCUT2D eigenvalue weighted by Crippen LogP contribution is -1.96. The Morgan fingerprint density at radius 2 is 1.29 bits per heavy atom. The molecule has 86 valence electrons. The SMILES string of the molecule is C=CC.CCCCCOCCCCC. The van der Waals surface area contributed by atoms with Crippen LogP contribution in [0.15, 0.2) is 12.7 Å². The van der Waals surface area contributed by atoms with E-state index < -0.39 is 0 Å². The molecule has 1 heteroatoms. The maximum atomic E-state index is 5.44. The summed E-state index contributed by atoms with van der Waals surface area (Å²) in [7, 11) is 0. The zero-order valence-corrected chi connectivity index (χ0v) is 10.3. The summed E-state index contributed by atoms with van der Waals surface area (Å²) in [5.41, 5.74) is 0. The van der Waals surface area contributed by atoms with E-state index in [4.69, 9.17) is 4.74 Å². The van der Waals surface area contributed by atoms with Crippen LogP contribution < -0.4 is 0 Å². The molecule has 0 unspecified atom stereocenters. The molecule has 0 aromatic rings. The van der Waals surface area contributed by atoms with Crippen LogP contribution in [0.5, 0.6) is 0 Å². The van der Waals surface area contributed by atoms with Crippen molar-refractivity contribution in [3.63, 3.8) is 0 Å². The fraction of sp³-hybridized carbons (Fsp3) is 0.846. The van der Waals surface area contributed by atoms with Gasteiger partial charge in [-0.15, -0.1) is 6.58 Å². The van der Waals surface area contributed by atoms with E-state index in [1.165, 1.54) is 38.5 Å². The van der Waals surface area contributed by atoms with Crippen LogP contribution in [0.2, 0.25) is 0 Å². The van der Waals surface area contributed by atoms with Gasteiger partial charge >= 0.3 is 0 Å². The molecule has 0 N–H and O–H groups in total. The predicted octanol–water partition coefficient (Wildman–Crippen LogP) is 4.58. The maximum absolute atomic E-state index is 5.44. The average molecular weight is 200 g/mol. The first kappa shape index (κ1) is 16.1. The van der Waals surface area contributed by atoms with E-state index in [-0.39, 0.29) is 0 Å². The van der Waals surface area contributed by atoms with Gasteiger partial charge in [0.25, 0.3) is 0 Å². The molecule has 1 nitrogen and oxygen atoms in total. The fourth-order valence-corrected chi connectivity index (χ4v) is 1.01. The zero-order chi connectivity index (χ0) is 11.1. The maximum Gasteiger partial charge on any atom is 0.0466 e. The number of allylic oxidation sites excluding steroid dienone is 1. The van der Waals surface area contributed by atoms with E-state index in [1.807, 2.05) is 6.92 Å². The largest absolute Gasteiger partial charge is 0.381 e. The van der Waals surface area contributed by atoms with Crippen LogP contribution in [-0.4, -0.2) is 13.2 Å². The first-order chi connectivity index (χ1) is 6.83. The quantitative estimate of drug-likeness (QED) is 0.412. The lowest BCUT2D eigenvalue weighted by molar-refractivity contribution is 0.126. The molecule has 0 aliphatic carbocycles. The number of ether oxygens (including phenoxy) is 1. The summed E-state index contributed by atoms with van der Waals surface area (Å²) in [4.78, 5) is 0. The van der Waals surface area contributed by atoms with Crippen LogP contribution in [0.3, 0.4) is 0 Å². The first-order valence-corrected chi connectivity index (χ1v) is 5.98. The molecule has 0 rings (SSSR count). The van der Waals surface area contributed by atoms with E-state index in [9.17, 15) is 0 Å². The van der Waals surface area contributed by atoms with Crippen molar-refractivity contribution in [2.75, 3.05) is 13.2 Å². The molecule has 0 radical (unpaired) electrons. The molecule has 0 bridgehead atoms. The molecule has 0 saturated heterocycles. The van der Waals surface area contributed by atoms with Crippen LogP contribution in [0.4, 0.5) is 0 Å². The summed E-state index contributed by atoms with van der Waals surface area (Å²) >= 11 is 0. The lowest BCUT2D eigenvalue weighted by Gasteiger charge is -2.01. The summed E-state index contributed by atoms with van der Waals surface area (Å²) in [6.07, 6.45) is 9.43. The molecule has 0 aromatic heterocycles. The highest BCUT2D eigenvalue weighted by atomic mass is 16.5. The molecule has 0 heterocycles. The Hall–Kier alpha value is -0.300. The van der Waals surface area contributed by atoms with Gasteiger partial charge in [-0.05, 0) is 19.8 Å². The number of unbranched alkanes of at least 4 members (excludes halogenated alkanes) is 4. The van der Waals surface area contributed by atoms with Crippen molar-refractivity contribution in [1.82, 2.24) is 0 Å². The summed E-state index contributed by atoms with van der Waals surface area (Å²) in [5.74, 6) is 0. The van der Waals surface area contributed by atoms with Crippen molar-refractivity contribution >= 4 is 0 Å². The monoisotopic (exact) mass is 200 g/mol. The van der Waals surface area contributed by atoms with Crippen LogP contribution in [0.25, 0.3) is 0 Å². The molecule has 0 fully saturated rings. The van der Waals surface area contributed by atoms with Gasteiger partial charge in [0.05, 0.1) is 0 Å². The number of rotatable bonds is 8. The van der Waals surface area contributed by atoms with Gasteiger partial charge in [0, 0.05) is 13.2 Å². The second-order valence-corrected chi connectivity index (χ2v) is 3.43. The summed E-state index contributed by atoms with van der Waals surface area (Å²) < 4.78 is 5.44. The topological polar surface area (TPSA) is 9.23 Å². The van der Waals surface area contributed by atoms with Gasteiger partial charge in [-0.1, -0.05) is 45.6 Å². The van der Waals surface area contributed by atoms with Gasteiger partial charge < -0.3 is 4.74 Å². The van der Waals surface area contributed by atoms with Crippen molar-refractivity contribution in [2.24, 2.45) is 0 Å². The smallest absolute Gasteiger partial charge is 0.0466 e. The van der Waals surface area contributed by atoms with Crippen LogP contribution in [-0.2, 0) is 4.74 Å². The van der Waals surface area contributed by atoms with E-state index in [0.29, 0.717) is 0 Å². The fourth-order valence-electron chi connectivity index (χ4n) is 1.01. The second kappa shape index (κ2) is 18.5. The predicted molar refractivity (Wildman–Crippen MR) is 65.7 cm³/mol. The van der Waals surface area contributed by atoms with Crippen molar-refractivity contribution in [2.45, 2.75) is 59.3 Å². The van der Waals surface area contributed by atoms with Crippen LogP contribution >= 0.6 is 0 Å². The Kier molecular flexibility index (Phi) is 21.3. The van der Waals surface area contributed by atoms with E-state index in [2.05, 4.69) is 20.4 Å². The van der Waals surface area contributed by atoms with Crippen molar-refractivity contribution in [3.8, 4) is 0 Å². The van der Waals surface area contributed by atoms with E-state index >= 15 is 0 Å². The highest BCUT2D eigenvalue weighted by Gasteiger charge is 1.88. The molecule has 0 aromatic carbocycles. The molecule has 0 amide bonds. The van der Waals surface area contributed by atoms with Gasteiger partial charge in [0.1, 0.15) is 0 Å². The summed E-state index contributed by atoms with van der Waals surface area (Å²) in [6, 6.07) is 0. The molecule has 0 saturated carbocycles. The Bertz CT molecular complexity index is 81.2. The van der Waals surface area contributed by atoms with Gasteiger partial charge in [-0.3, -0.25) is 0 Å². The van der Waals surface area contributed by atoms with Crippen molar-refractivity contribution in [1.29, 1.82) is 0 Å². The highest BCUT2D eigenvalue weighted by molar-refractivity contribution is 4.51. The Morgan fingerprint density at radius 1 is 0.929 bits per heavy atom. The van der Waals surface area contributed by atoms with Crippen molar-refractivity contribution < 1.29 is 4.74 Å². The second-order valence-electron chi connectivity index (χ2n) is 3.43. The molecule has 0 aliphatic heterocycles. The summed E-state index contributed by atoms with van der Waals surface area (Å²) in [5, 5.41) is 0. The van der Waals surface area contributed by atoms with Gasteiger partial charge in [0.15, 0.2) is 0 Å². The number of hydrogen-bond acceptors (Lipinski definition) is 1. The third-order valence-corrected chi connectivity index (χ3v) is 1.78. The molecule has 0 atom stereocenters. The van der Waals surface area contributed by atoms with E-state index in [0.717, 1.165) is 13.2 Å². The molecule has 14 heavy (non-hydrogen) atoms. The average Bonchev–Trinajstić information content (AvgIpc) is 2.18.